The van der Waals surface area contributed by atoms with Crippen molar-refractivity contribution in [3.63, 3.8) is 0 Å². The maximum absolute atomic E-state index is 11.7. The molecule has 0 spiro atoms. The van der Waals surface area contributed by atoms with Crippen LogP contribution in [0.15, 0.2) is 0 Å². The largest absolute Gasteiger partial charge is 0.481 e. The predicted molar refractivity (Wildman–Crippen MR) is 68.8 cm³/mol. The zero-order valence-corrected chi connectivity index (χ0v) is 11.1. The maximum atomic E-state index is 11.7. The molecule has 2 amide bonds. The van der Waals surface area contributed by atoms with E-state index in [-0.39, 0.29) is 18.0 Å². The fourth-order valence-corrected chi connectivity index (χ4v) is 2.76. The number of urea groups is 1. The van der Waals surface area contributed by atoms with Crippen molar-refractivity contribution < 1.29 is 19.4 Å². The molecule has 2 aliphatic rings. The van der Waals surface area contributed by atoms with Crippen molar-refractivity contribution >= 4 is 12.0 Å². The molecule has 19 heavy (non-hydrogen) atoms. The molecule has 2 rings (SSSR count). The molecule has 108 valence electrons. The molecule has 6 heteroatoms. The molecular formula is C13H22N2O4. The first kappa shape index (κ1) is 14.1. The third-order valence-corrected chi connectivity index (χ3v) is 3.93. The highest BCUT2D eigenvalue weighted by Crippen LogP contribution is 2.24. The summed E-state index contributed by atoms with van der Waals surface area (Å²) in [5, 5.41) is 14.7. The van der Waals surface area contributed by atoms with Gasteiger partial charge in [-0.05, 0) is 25.7 Å². The van der Waals surface area contributed by atoms with Crippen molar-refractivity contribution in [3.8, 4) is 0 Å². The molecule has 0 radical (unpaired) electrons. The number of nitrogens with one attached hydrogen (secondary N) is 2. The van der Waals surface area contributed by atoms with Crippen LogP contribution in [0.4, 0.5) is 4.79 Å². The first-order valence-electron chi connectivity index (χ1n) is 7.00. The van der Waals surface area contributed by atoms with Gasteiger partial charge in [0.05, 0.1) is 12.5 Å². The van der Waals surface area contributed by atoms with E-state index in [1.54, 1.807) is 0 Å². The van der Waals surface area contributed by atoms with Crippen LogP contribution in [0.25, 0.3) is 0 Å². The Morgan fingerprint density at radius 1 is 1.26 bits per heavy atom. The van der Waals surface area contributed by atoms with E-state index in [2.05, 4.69) is 10.6 Å². The van der Waals surface area contributed by atoms with Crippen LogP contribution >= 0.6 is 0 Å². The molecule has 1 aliphatic heterocycles. The maximum Gasteiger partial charge on any atom is 0.315 e. The van der Waals surface area contributed by atoms with Crippen LogP contribution in [0, 0.1) is 11.8 Å². The van der Waals surface area contributed by atoms with Crippen molar-refractivity contribution in [1.82, 2.24) is 10.6 Å². The van der Waals surface area contributed by atoms with Crippen molar-refractivity contribution in [3.05, 3.63) is 0 Å². The first-order valence-corrected chi connectivity index (χ1v) is 7.00. The van der Waals surface area contributed by atoms with Crippen LogP contribution in [0.1, 0.15) is 32.1 Å². The smallest absolute Gasteiger partial charge is 0.315 e. The van der Waals surface area contributed by atoms with E-state index in [0.717, 1.165) is 25.9 Å². The summed E-state index contributed by atoms with van der Waals surface area (Å²) in [7, 11) is 0. The Bertz CT molecular complexity index is 329. The highest BCUT2D eigenvalue weighted by Gasteiger charge is 2.27. The van der Waals surface area contributed by atoms with Gasteiger partial charge in [-0.15, -0.1) is 0 Å². The van der Waals surface area contributed by atoms with Gasteiger partial charge in [0.15, 0.2) is 0 Å². The van der Waals surface area contributed by atoms with Gasteiger partial charge in [-0.1, -0.05) is 6.42 Å². The van der Waals surface area contributed by atoms with Crippen molar-refractivity contribution in [2.45, 2.75) is 38.1 Å². The molecule has 0 bridgehead atoms. The predicted octanol–water partition coefficient (Wildman–Crippen LogP) is 0.965. The second-order valence-electron chi connectivity index (χ2n) is 5.48. The lowest BCUT2D eigenvalue weighted by Gasteiger charge is -2.27. The lowest BCUT2D eigenvalue weighted by molar-refractivity contribution is -0.143. The number of rotatable bonds is 4. The van der Waals surface area contributed by atoms with Crippen molar-refractivity contribution in [1.29, 1.82) is 0 Å². The van der Waals surface area contributed by atoms with Gasteiger partial charge < -0.3 is 20.5 Å². The van der Waals surface area contributed by atoms with Gasteiger partial charge in [-0.2, -0.15) is 0 Å². The van der Waals surface area contributed by atoms with E-state index in [9.17, 15) is 9.59 Å². The molecular weight excluding hydrogens is 248 g/mol. The van der Waals surface area contributed by atoms with E-state index >= 15 is 0 Å². The molecule has 1 saturated heterocycles. The Labute approximate surface area is 112 Å². The number of carboxylic acids is 1. The average Bonchev–Trinajstić information content (AvgIpc) is 2.90. The van der Waals surface area contributed by atoms with E-state index in [0.29, 0.717) is 31.9 Å². The Morgan fingerprint density at radius 3 is 2.79 bits per heavy atom. The van der Waals surface area contributed by atoms with E-state index in [1.807, 2.05) is 0 Å². The van der Waals surface area contributed by atoms with Gasteiger partial charge in [0.1, 0.15) is 0 Å². The lowest BCUT2D eigenvalue weighted by atomic mass is 9.86. The number of carbonyl (C=O) groups is 2. The quantitative estimate of drug-likeness (QED) is 0.710. The molecule has 3 unspecified atom stereocenters. The number of hydrogen-bond acceptors (Lipinski definition) is 3. The normalized spacial score (nSPS) is 30.8. The van der Waals surface area contributed by atoms with Crippen LogP contribution in [-0.4, -0.2) is 42.9 Å². The monoisotopic (exact) mass is 270 g/mol. The SMILES string of the molecule is O=C(NCC1CCOC1)NC1CCCC(C(=O)O)C1. The van der Waals surface area contributed by atoms with Gasteiger partial charge in [-0.3, -0.25) is 4.79 Å². The minimum atomic E-state index is -0.755. The second kappa shape index (κ2) is 6.75. The molecule has 0 aromatic heterocycles. The van der Waals surface area contributed by atoms with Crippen LogP contribution in [-0.2, 0) is 9.53 Å². The molecule has 3 atom stereocenters. The lowest BCUT2D eigenvalue weighted by Crippen LogP contribution is -2.46. The highest BCUT2D eigenvalue weighted by atomic mass is 16.5. The molecule has 6 nitrogen and oxygen atoms in total. The fourth-order valence-electron chi connectivity index (χ4n) is 2.76. The first-order chi connectivity index (χ1) is 9.15. The van der Waals surface area contributed by atoms with Crippen molar-refractivity contribution in [2.75, 3.05) is 19.8 Å². The third kappa shape index (κ3) is 4.38. The molecule has 2 fully saturated rings. The Hall–Kier alpha value is -1.30. The van der Waals surface area contributed by atoms with Gasteiger partial charge in [-0.25, -0.2) is 4.79 Å². The summed E-state index contributed by atoms with van der Waals surface area (Å²) >= 11 is 0. The zero-order valence-electron chi connectivity index (χ0n) is 11.1. The van der Waals surface area contributed by atoms with Crippen LogP contribution in [0.3, 0.4) is 0 Å². The van der Waals surface area contributed by atoms with Crippen LogP contribution in [0.5, 0.6) is 0 Å². The molecule has 0 aromatic carbocycles. The third-order valence-electron chi connectivity index (χ3n) is 3.93. The summed E-state index contributed by atoms with van der Waals surface area (Å²) in [5.74, 6) is -0.666. The Kier molecular flexibility index (Phi) is 5.01. The zero-order chi connectivity index (χ0) is 13.7. The van der Waals surface area contributed by atoms with Gasteiger partial charge in [0.25, 0.3) is 0 Å². The number of amides is 2. The second-order valence-corrected chi connectivity index (χ2v) is 5.48. The summed E-state index contributed by atoms with van der Waals surface area (Å²) in [6.07, 6.45) is 3.97. The van der Waals surface area contributed by atoms with Gasteiger partial charge >= 0.3 is 12.0 Å². The summed E-state index contributed by atoms with van der Waals surface area (Å²) in [4.78, 5) is 22.7. The van der Waals surface area contributed by atoms with E-state index < -0.39 is 5.97 Å². The topological polar surface area (TPSA) is 87.7 Å². The number of hydrogen-bond donors (Lipinski definition) is 3. The molecule has 0 aromatic rings. The van der Waals surface area contributed by atoms with Gasteiger partial charge in [0.2, 0.25) is 0 Å². The summed E-state index contributed by atoms with van der Waals surface area (Å²) in [6, 6.07) is -0.211. The Morgan fingerprint density at radius 2 is 2.11 bits per heavy atom. The summed E-state index contributed by atoms with van der Waals surface area (Å²) in [5.41, 5.74) is 0. The van der Waals surface area contributed by atoms with Crippen molar-refractivity contribution in [2.24, 2.45) is 11.8 Å². The minimum absolute atomic E-state index is 0.0188. The number of ether oxygens (including phenoxy) is 1. The fraction of sp³-hybridized carbons (Fsp3) is 0.846. The summed E-state index contributed by atoms with van der Waals surface area (Å²) in [6.45, 7) is 2.11. The van der Waals surface area contributed by atoms with E-state index in [1.165, 1.54) is 0 Å². The minimum Gasteiger partial charge on any atom is -0.481 e. The standard InChI is InChI=1S/C13H22N2O4/c16-12(17)10-2-1-3-11(6-10)15-13(18)14-7-9-4-5-19-8-9/h9-11H,1-8H2,(H,16,17)(H2,14,15,18). The average molecular weight is 270 g/mol. The van der Waals surface area contributed by atoms with Crippen LogP contribution < -0.4 is 10.6 Å². The highest BCUT2D eigenvalue weighted by molar-refractivity contribution is 5.74. The Balaban J connectivity index is 1.67. The van der Waals surface area contributed by atoms with E-state index in [4.69, 9.17) is 9.84 Å². The number of carboxylic acid groups (broad SMARTS) is 1. The van der Waals surface area contributed by atoms with Crippen LogP contribution in [0.2, 0.25) is 0 Å². The van der Waals surface area contributed by atoms with Gasteiger partial charge in [0, 0.05) is 25.1 Å². The summed E-state index contributed by atoms with van der Waals surface area (Å²) < 4.78 is 5.24. The number of carbonyl (C=O) groups excluding carboxylic acids is 1. The molecule has 1 aliphatic carbocycles. The molecule has 3 N–H and O–H groups in total. The number of aliphatic carboxylic acids is 1. The molecule has 1 heterocycles. The molecule has 1 saturated carbocycles.